The van der Waals surface area contributed by atoms with E-state index in [-0.39, 0.29) is 11.8 Å². The summed E-state index contributed by atoms with van der Waals surface area (Å²) in [4.78, 5) is 27.9. The van der Waals surface area contributed by atoms with Crippen LogP contribution < -0.4 is 10.6 Å². The summed E-state index contributed by atoms with van der Waals surface area (Å²) in [6.07, 6.45) is 0. The van der Waals surface area contributed by atoms with Gasteiger partial charge in [0, 0.05) is 23.9 Å². The van der Waals surface area contributed by atoms with Crippen molar-refractivity contribution in [3.63, 3.8) is 0 Å². The van der Waals surface area contributed by atoms with Gasteiger partial charge >= 0.3 is 0 Å². The number of fused-ring (bicyclic) bond motifs is 1. The average Bonchev–Trinajstić information content (AvgIpc) is 3.02. The number of carbonyl (C=O) groups is 2. The van der Waals surface area contributed by atoms with E-state index < -0.39 is 0 Å². The predicted octanol–water partition coefficient (Wildman–Crippen LogP) is 2.91. The number of benzene rings is 2. The standard InChI is InChI=1S/C16H13N3O2S/c1-17-15(20)10-2-5-12(6-3-10)19-16(21)11-4-7-13-14(8-11)22-9-18-13/h2-9H,1H3,(H,17,20)(H,19,21). The number of hydrogen-bond donors (Lipinski definition) is 2. The van der Waals surface area contributed by atoms with Crippen LogP contribution >= 0.6 is 11.3 Å². The molecule has 0 atom stereocenters. The highest BCUT2D eigenvalue weighted by atomic mass is 32.1. The highest BCUT2D eigenvalue weighted by Gasteiger charge is 2.09. The lowest BCUT2D eigenvalue weighted by Gasteiger charge is -2.06. The summed E-state index contributed by atoms with van der Waals surface area (Å²) >= 11 is 1.50. The fraction of sp³-hybridized carbons (Fsp3) is 0.0625. The summed E-state index contributed by atoms with van der Waals surface area (Å²) in [5, 5.41) is 5.36. The predicted molar refractivity (Wildman–Crippen MR) is 87.4 cm³/mol. The van der Waals surface area contributed by atoms with Crippen LogP contribution in [0.25, 0.3) is 10.2 Å². The molecule has 0 radical (unpaired) electrons. The van der Waals surface area contributed by atoms with Crippen molar-refractivity contribution in [2.24, 2.45) is 0 Å². The van der Waals surface area contributed by atoms with Gasteiger partial charge in [0.15, 0.2) is 0 Å². The molecule has 0 bridgehead atoms. The van der Waals surface area contributed by atoms with Gasteiger partial charge in [-0.15, -0.1) is 11.3 Å². The van der Waals surface area contributed by atoms with Gasteiger partial charge in [-0.05, 0) is 42.5 Å². The number of hydrogen-bond acceptors (Lipinski definition) is 4. The third-order valence-corrected chi connectivity index (χ3v) is 4.02. The summed E-state index contributed by atoms with van der Waals surface area (Å²) in [5.41, 5.74) is 4.40. The Morgan fingerprint density at radius 1 is 1.00 bits per heavy atom. The molecule has 22 heavy (non-hydrogen) atoms. The van der Waals surface area contributed by atoms with Crippen LogP contribution in [0.2, 0.25) is 0 Å². The van der Waals surface area contributed by atoms with Crippen molar-refractivity contribution in [1.29, 1.82) is 0 Å². The molecular formula is C16H13N3O2S. The molecule has 6 heteroatoms. The molecule has 0 aliphatic carbocycles. The molecule has 0 fully saturated rings. The van der Waals surface area contributed by atoms with E-state index in [0.29, 0.717) is 16.8 Å². The number of rotatable bonds is 3. The molecule has 0 spiro atoms. The first-order chi connectivity index (χ1) is 10.7. The normalized spacial score (nSPS) is 10.4. The van der Waals surface area contributed by atoms with E-state index in [1.54, 1.807) is 42.9 Å². The lowest BCUT2D eigenvalue weighted by Crippen LogP contribution is -2.17. The van der Waals surface area contributed by atoms with Gasteiger partial charge in [-0.25, -0.2) is 4.98 Å². The van der Waals surface area contributed by atoms with Gasteiger partial charge in [0.1, 0.15) is 0 Å². The third kappa shape index (κ3) is 2.82. The van der Waals surface area contributed by atoms with Gasteiger partial charge in [0.25, 0.3) is 11.8 Å². The highest BCUT2D eigenvalue weighted by molar-refractivity contribution is 7.16. The molecule has 1 heterocycles. The fourth-order valence-electron chi connectivity index (χ4n) is 2.05. The maximum Gasteiger partial charge on any atom is 0.255 e. The molecule has 0 saturated heterocycles. The van der Waals surface area contributed by atoms with Crippen molar-refractivity contribution in [3.05, 3.63) is 59.1 Å². The second-order valence-electron chi connectivity index (χ2n) is 4.65. The molecule has 110 valence electrons. The Balaban J connectivity index is 1.77. The Kier molecular flexibility index (Phi) is 3.84. The van der Waals surface area contributed by atoms with Crippen molar-refractivity contribution < 1.29 is 9.59 Å². The molecule has 2 N–H and O–H groups in total. The number of nitrogens with one attached hydrogen (secondary N) is 2. The van der Waals surface area contributed by atoms with Gasteiger partial charge in [-0.1, -0.05) is 0 Å². The van der Waals surface area contributed by atoms with Crippen molar-refractivity contribution in [1.82, 2.24) is 10.3 Å². The maximum atomic E-state index is 12.2. The van der Waals surface area contributed by atoms with Gasteiger partial charge < -0.3 is 10.6 Å². The zero-order valence-corrected chi connectivity index (χ0v) is 12.6. The van der Waals surface area contributed by atoms with Gasteiger partial charge in [-0.3, -0.25) is 9.59 Å². The number of amides is 2. The minimum atomic E-state index is -0.192. The molecule has 2 amide bonds. The van der Waals surface area contributed by atoms with Crippen molar-refractivity contribution in [3.8, 4) is 0 Å². The highest BCUT2D eigenvalue weighted by Crippen LogP contribution is 2.20. The van der Waals surface area contributed by atoms with E-state index in [2.05, 4.69) is 15.6 Å². The smallest absolute Gasteiger partial charge is 0.255 e. The Morgan fingerprint density at radius 3 is 2.45 bits per heavy atom. The van der Waals surface area contributed by atoms with Crippen molar-refractivity contribution in [2.45, 2.75) is 0 Å². The number of nitrogens with zero attached hydrogens (tertiary/aromatic N) is 1. The van der Waals surface area contributed by atoms with E-state index in [1.165, 1.54) is 11.3 Å². The van der Waals surface area contributed by atoms with E-state index in [9.17, 15) is 9.59 Å². The quantitative estimate of drug-likeness (QED) is 0.781. The topological polar surface area (TPSA) is 71.1 Å². The first-order valence-corrected chi connectivity index (χ1v) is 7.52. The fourth-order valence-corrected chi connectivity index (χ4v) is 2.77. The number of anilines is 1. The zero-order valence-electron chi connectivity index (χ0n) is 11.8. The SMILES string of the molecule is CNC(=O)c1ccc(NC(=O)c2ccc3ncsc3c2)cc1. The number of carbonyl (C=O) groups excluding carboxylic acids is 2. The van der Waals surface area contributed by atoms with Gasteiger partial charge in [0.05, 0.1) is 15.7 Å². The lowest BCUT2D eigenvalue weighted by atomic mass is 10.1. The minimum absolute atomic E-state index is 0.159. The van der Waals surface area contributed by atoms with Gasteiger partial charge in [0.2, 0.25) is 0 Å². The third-order valence-electron chi connectivity index (χ3n) is 3.23. The van der Waals surface area contributed by atoms with Crippen LogP contribution in [0.3, 0.4) is 0 Å². The van der Waals surface area contributed by atoms with E-state index in [0.717, 1.165) is 10.2 Å². The van der Waals surface area contributed by atoms with Crippen LogP contribution in [0.4, 0.5) is 5.69 Å². The number of thiazole rings is 1. The first kappa shape index (κ1) is 14.2. The lowest BCUT2D eigenvalue weighted by molar-refractivity contribution is 0.0962. The molecule has 2 aromatic carbocycles. The van der Waals surface area contributed by atoms with Crippen LogP contribution in [-0.2, 0) is 0 Å². The molecule has 0 unspecified atom stereocenters. The maximum absolute atomic E-state index is 12.2. The minimum Gasteiger partial charge on any atom is -0.355 e. The van der Waals surface area contributed by atoms with Crippen molar-refractivity contribution >= 4 is 39.1 Å². The Bertz CT molecular complexity index is 840. The molecule has 5 nitrogen and oxygen atoms in total. The Hall–Kier alpha value is -2.73. The zero-order chi connectivity index (χ0) is 15.5. The molecule has 0 aliphatic heterocycles. The van der Waals surface area contributed by atoms with Crippen LogP contribution in [0.1, 0.15) is 20.7 Å². The summed E-state index contributed by atoms with van der Waals surface area (Å²) in [5.74, 6) is -0.350. The molecular weight excluding hydrogens is 298 g/mol. The Morgan fingerprint density at radius 2 is 1.73 bits per heavy atom. The molecule has 1 aromatic heterocycles. The van der Waals surface area contributed by atoms with Gasteiger partial charge in [-0.2, -0.15) is 0 Å². The average molecular weight is 311 g/mol. The van der Waals surface area contributed by atoms with Crippen LogP contribution in [-0.4, -0.2) is 23.8 Å². The first-order valence-electron chi connectivity index (χ1n) is 6.64. The number of aromatic nitrogens is 1. The van der Waals surface area contributed by atoms with Crippen LogP contribution in [0.5, 0.6) is 0 Å². The van der Waals surface area contributed by atoms with E-state index in [1.807, 2.05) is 12.1 Å². The van der Waals surface area contributed by atoms with Crippen LogP contribution in [0.15, 0.2) is 48.0 Å². The second kappa shape index (κ2) is 5.95. The van der Waals surface area contributed by atoms with E-state index in [4.69, 9.17) is 0 Å². The molecule has 0 saturated carbocycles. The molecule has 0 aliphatic rings. The summed E-state index contributed by atoms with van der Waals surface area (Å²) in [6, 6.07) is 12.1. The Labute approximate surface area is 131 Å². The largest absolute Gasteiger partial charge is 0.355 e. The monoisotopic (exact) mass is 311 g/mol. The van der Waals surface area contributed by atoms with Crippen LogP contribution in [0, 0.1) is 0 Å². The summed E-state index contributed by atoms with van der Waals surface area (Å²) in [6.45, 7) is 0. The summed E-state index contributed by atoms with van der Waals surface area (Å²) < 4.78 is 0.975. The second-order valence-corrected chi connectivity index (χ2v) is 5.53. The van der Waals surface area contributed by atoms with Crippen molar-refractivity contribution in [2.75, 3.05) is 12.4 Å². The van der Waals surface area contributed by atoms with E-state index >= 15 is 0 Å². The molecule has 3 rings (SSSR count). The summed E-state index contributed by atoms with van der Waals surface area (Å²) in [7, 11) is 1.58. The molecule has 3 aromatic rings.